The zero-order chi connectivity index (χ0) is 14.7. The number of amides is 2. The van der Waals surface area contributed by atoms with Crippen LogP contribution in [0.1, 0.15) is 32.1 Å². The van der Waals surface area contributed by atoms with Crippen LogP contribution in [0.5, 0.6) is 0 Å². The molecule has 0 aromatic heterocycles. The first-order chi connectivity index (χ1) is 9.54. The molecule has 2 aliphatic heterocycles. The van der Waals surface area contributed by atoms with E-state index in [1.165, 1.54) is 4.90 Å². The van der Waals surface area contributed by atoms with Gasteiger partial charge in [-0.2, -0.15) is 0 Å². The van der Waals surface area contributed by atoms with Crippen molar-refractivity contribution in [2.24, 2.45) is 0 Å². The maximum Gasteiger partial charge on any atom is 0.326 e. The van der Waals surface area contributed by atoms with E-state index >= 15 is 0 Å². The first kappa shape index (κ1) is 15.1. The quantitative estimate of drug-likeness (QED) is 0.670. The Morgan fingerprint density at radius 3 is 2.60 bits per heavy atom. The summed E-state index contributed by atoms with van der Waals surface area (Å²) in [5.41, 5.74) is 0. The van der Waals surface area contributed by atoms with Crippen molar-refractivity contribution in [3.8, 4) is 0 Å². The van der Waals surface area contributed by atoms with Crippen LogP contribution < -0.4 is 0 Å². The third-order valence-electron chi connectivity index (χ3n) is 4.14. The van der Waals surface area contributed by atoms with Gasteiger partial charge >= 0.3 is 12.0 Å². The molecule has 0 aliphatic carbocycles. The summed E-state index contributed by atoms with van der Waals surface area (Å²) in [6.45, 7) is 0.667. The zero-order valence-corrected chi connectivity index (χ0v) is 11.4. The number of nitrogens with zero attached hydrogens (tertiary/aromatic N) is 2. The predicted octanol–water partition coefficient (Wildman–Crippen LogP) is -0.137. The first-order valence-electron chi connectivity index (χ1n) is 7.13. The Morgan fingerprint density at radius 2 is 1.95 bits per heavy atom. The second-order valence-electron chi connectivity index (χ2n) is 5.53. The number of carbonyl (C=O) groups excluding carboxylic acids is 1. The predicted molar refractivity (Wildman–Crippen MR) is 70.2 cm³/mol. The van der Waals surface area contributed by atoms with Crippen LogP contribution in [-0.4, -0.2) is 75.0 Å². The second-order valence-corrected chi connectivity index (χ2v) is 5.53. The fourth-order valence-electron chi connectivity index (χ4n) is 3.13. The number of carbonyl (C=O) groups is 2. The van der Waals surface area contributed by atoms with Gasteiger partial charge in [0, 0.05) is 32.2 Å². The molecular weight excluding hydrogens is 264 g/mol. The minimum absolute atomic E-state index is 0.0133. The molecule has 0 aromatic rings. The highest BCUT2D eigenvalue weighted by atomic mass is 16.4. The maximum absolute atomic E-state index is 12.5. The zero-order valence-electron chi connectivity index (χ0n) is 11.4. The Labute approximate surface area is 117 Å². The highest BCUT2D eigenvalue weighted by Crippen LogP contribution is 2.25. The highest BCUT2D eigenvalue weighted by molar-refractivity contribution is 5.83. The third-order valence-corrected chi connectivity index (χ3v) is 4.14. The van der Waals surface area contributed by atoms with Gasteiger partial charge in [0.1, 0.15) is 6.04 Å². The lowest BCUT2D eigenvalue weighted by Crippen LogP contribution is -2.53. The van der Waals surface area contributed by atoms with Crippen LogP contribution in [0, 0.1) is 0 Å². The van der Waals surface area contributed by atoms with Gasteiger partial charge in [0.2, 0.25) is 0 Å². The molecule has 0 bridgehead atoms. The molecular formula is C13H22N2O5. The number of aliphatic carboxylic acids is 1. The summed E-state index contributed by atoms with van der Waals surface area (Å²) in [6.07, 6.45) is 2.56. The topological polar surface area (TPSA) is 101 Å². The van der Waals surface area contributed by atoms with Crippen LogP contribution in [0.2, 0.25) is 0 Å². The van der Waals surface area contributed by atoms with E-state index in [9.17, 15) is 14.7 Å². The number of aliphatic hydroxyl groups excluding tert-OH is 2. The van der Waals surface area contributed by atoms with Crippen LogP contribution in [0.25, 0.3) is 0 Å². The van der Waals surface area contributed by atoms with Gasteiger partial charge in [-0.25, -0.2) is 9.59 Å². The lowest BCUT2D eigenvalue weighted by atomic mass is 10.00. The van der Waals surface area contributed by atoms with Gasteiger partial charge in [-0.15, -0.1) is 0 Å². The van der Waals surface area contributed by atoms with Crippen molar-refractivity contribution in [1.82, 2.24) is 9.80 Å². The van der Waals surface area contributed by atoms with Gasteiger partial charge < -0.3 is 25.1 Å². The summed E-state index contributed by atoms with van der Waals surface area (Å²) in [6, 6.07) is -1.31. The van der Waals surface area contributed by atoms with Crippen molar-refractivity contribution in [2.75, 3.05) is 19.7 Å². The molecule has 2 rings (SSSR count). The number of piperidine rings is 1. The fourth-order valence-corrected chi connectivity index (χ4v) is 3.13. The van der Waals surface area contributed by atoms with E-state index in [1.54, 1.807) is 4.90 Å². The molecule has 7 nitrogen and oxygen atoms in total. The largest absolute Gasteiger partial charge is 0.480 e. The number of rotatable bonds is 3. The van der Waals surface area contributed by atoms with Gasteiger partial charge in [-0.05, 0) is 25.7 Å². The number of carboxylic acids is 1. The number of β-amino-alcohol motifs (C(OH)–C–C–N with tert-alkyl or cyclic N) is 1. The normalized spacial score (nSPS) is 30.6. The van der Waals surface area contributed by atoms with Gasteiger partial charge in [-0.1, -0.05) is 0 Å². The molecule has 2 heterocycles. The Morgan fingerprint density at radius 1 is 1.20 bits per heavy atom. The summed E-state index contributed by atoms with van der Waals surface area (Å²) < 4.78 is 0. The number of urea groups is 1. The Bertz CT molecular complexity index is 374. The van der Waals surface area contributed by atoms with Crippen LogP contribution >= 0.6 is 0 Å². The van der Waals surface area contributed by atoms with E-state index < -0.39 is 18.1 Å². The first-order valence-corrected chi connectivity index (χ1v) is 7.13. The molecule has 0 aromatic carbocycles. The summed E-state index contributed by atoms with van der Waals surface area (Å²) in [5, 5.41) is 27.9. The monoisotopic (exact) mass is 286 g/mol. The molecule has 0 saturated carbocycles. The molecule has 20 heavy (non-hydrogen) atoms. The number of aliphatic hydroxyl groups is 2. The molecule has 114 valence electrons. The standard InChI is InChI=1S/C13H22N2O5/c16-6-4-9-3-1-2-5-14(9)13(20)15-8-10(17)7-11(15)12(18)19/h9-11,16-17H,1-8H2,(H,18,19). The lowest BCUT2D eigenvalue weighted by Gasteiger charge is -2.38. The number of likely N-dealkylation sites (tertiary alicyclic amines) is 2. The lowest BCUT2D eigenvalue weighted by molar-refractivity contribution is -0.141. The molecule has 7 heteroatoms. The minimum atomic E-state index is -1.08. The third kappa shape index (κ3) is 3.04. The number of hydrogen-bond acceptors (Lipinski definition) is 4. The second kappa shape index (κ2) is 6.41. The van der Waals surface area contributed by atoms with Crippen molar-refractivity contribution in [3.63, 3.8) is 0 Å². The van der Waals surface area contributed by atoms with E-state index in [4.69, 9.17) is 10.2 Å². The van der Waals surface area contributed by atoms with E-state index in [-0.39, 0.29) is 31.6 Å². The summed E-state index contributed by atoms with van der Waals surface area (Å²) in [7, 11) is 0. The molecule has 3 N–H and O–H groups in total. The molecule has 2 saturated heterocycles. The minimum Gasteiger partial charge on any atom is -0.480 e. The van der Waals surface area contributed by atoms with E-state index in [0.717, 1.165) is 19.3 Å². The molecule has 0 radical (unpaired) electrons. The summed E-state index contributed by atoms with van der Waals surface area (Å²) in [5.74, 6) is -1.08. The molecule has 2 aliphatic rings. The molecule has 0 spiro atoms. The maximum atomic E-state index is 12.5. The number of carboxylic acid groups (broad SMARTS) is 1. The summed E-state index contributed by atoms with van der Waals surface area (Å²) >= 11 is 0. The van der Waals surface area contributed by atoms with Gasteiger partial charge in [0.15, 0.2) is 0 Å². The molecule has 3 unspecified atom stereocenters. The van der Waals surface area contributed by atoms with Crippen molar-refractivity contribution in [1.29, 1.82) is 0 Å². The van der Waals surface area contributed by atoms with E-state index in [0.29, 0.717) is 13.0 Å². The Hall–Kier alpha value is -1.34. The van der Waals surface area contributed by atoms with Crippen molar-refractivity contribution in [3.05, 3.63) is 0 Å². The number of hydrogen-bond donors (Lipinski definition) is 3. The van der Waals surface area contributed by atoms with E-state index in [2.05, 4.69) is 0 Å². The fraction of sp³-hybridized carbons (Fsp3) is 0.846. The van der Waals surface area contributed by atoms with Crippen LogP contribution in [0.3, 0.4) is 0 Å². The van der Waals surface area contributed by atoms with Crippen LogP contribution in [-0.2, 0) is 4.79 Å². The molecule has 3 atom stereocenters. The van der Waals surface area contributed by atoms with Crippen molar-refractivity contribution in [2.45, 2.75) is 50.3 Å². The average Bonchev–Trinajstić information content (AvgIpc) is 2.81. The van der Waals surface area contributed by atoms with Gasteiger partial charge in [0.25, 0.3) is 0 Å². The Balaban J connectivity index is 2.09. The van der Waals surface area contributed by atoms with Gasteiger partial charge in [-0.3, -0.25) is 0 Å². The SMILES string of the molecule is O=C(O)C1CC(O)CN1C(=O)N1CCCCC1CCO. The molecule has 2 fully saturated rings. The van der Waals surface area contributed by atoms with Crippen molar-refractivity contribution >= 4 is 12.0 Å². The van der Waals surface area contributed by atoms with Crippen molar-refractivity contribution < 1.29 is 24.9 Å². The summed E-state index contributed by atoms with van der Waals surface area (Å²) in [4.78, 5) is 26.6. The smallest absolute Gasteiger partial charge is 0.326 e. The van der Waals surface area contributed by atoms with E-state index in [1.807, 2.05) is 0 Å². The molecule has 2 amide bonds. The van der Waals surface area contributed by atoms with Crippen LogP contribution in [0.15, 0.2) is 0 Å². The Kier molecular flexibility index (Phi) is 4.82. The van der Waals surface area contributed by atoms with Crippen LogP contribution in [0.4, 0.5) is 4.79 Å². The average molecular weight is 286 g/mol. The highest BCUT2D eigenvalue weighted by Gasteiger charge is 2.42. The van der Waals surface area contributed by atoms with Gasteiger partial charge in [0.05, 0.1) is 6.10 Å².